The van der Waals surface area contributed by atoms with Crippen LogP contribution in [0.4, 0.5) is 0 Å². The van der Waals surface area contributed by atoms with Crippen LogP contribution >= 0.6 is 0 Å². The number of carbonyl (C=O) groups is 1. The zero-order chi connectivity index (χ0) is 23.3. The summed E-state index contributed by atoms with van der Waals surface area (Å²) in [6.45, 7) is 1.70. The number of nitrogens with one attached hydrogen (secondary N) is 2. The molecule has 0 saturated carbocycles. The highest BCUT2D eigenvalue weighted by atomic mass is 32.2. The van der Waals surface area contributed by atoms with Gasteiger partial charge >= 0.3 is 0 Å². The molecule has 1 aliphatic heterocycles. The van der Waals surface area contributed by atoms with Crippen molar-refractivity contribution in [2.24, 2.45) is 5.92 Å². The molecule has 3 heterocycles. The molecule has 1 fully saturated rings. The van der Waals surface area contributed by atoms with Crippen LogP contribution in [0.15, 0.2) is 53.7 Å². The molecule has 3 aromatic rings. The molecule has 176 valence electrons. The summed E-state index contributed by atoms with van der Waals surface area (Å²) in [6.07, 6.45) is 8.09. The number of fused-ring (bicyclic) bond motifs is 1. The molecule has 2 N–H and O–H groups in total. The minimum atomic E-state index is -3.49. The van der Waals surface area contributed by atoms with Gasteiger partial charge in [0.05, 0.1) is 12.0 Å². The molecule has 2 aromatic heterocycles. The van der Waals surface area contributed by atoms with Gasteiger partial charge in [-0.15, -0.1) is 0 Å². The van der Waals surface area contributed by atoms with Crippen LogP contribution in [0.5, 0.6) is 5.75 Å². The maximum absolute atomic E-state index is 12.9. The van der Waals surface area contributed by atoms with Crippen molar-refractivity contribution in [1.82, 2.24) is 19.6 Å². The molecule has 4 rings (SSSR count). The first-order valence-electron chi connectivity index (χ1n) is 11.3. The van der Waals surface area contributed by atoms with E-state index in [1.165, 1.54) is 7.11 Å². The van der Waals surface area contributed by atoms with E-state index >= 15 is 0 Å². The van der Waals surface area contributed by atoms with Crippen LogP contribution in [-0.4, -0.2) is 55.3 Å². The van der Waals surface area contributed by atoms with Gasteiger partial charge in [0, 0.05) is 49.0 Å². The number of pyridine rings is 1. The van der Waals surface area contributed by atoms with Crippen molar-refractivity contribution >= 4 is 26.8 Å². The number of carbonyl (C=O) groups excluding carboxylic acids is 1. The number of unbranched alkanes of at least 4 members (excludes halogenated alkanes) is 1. The summed E-state index contributed by atoms with van der Waals surface area (Å²) in [6, 6.07) is 10.3. The molecular weight excluding hydrogens is 440 g/mol. The fourth-order valence-corrected chi connectivity index (χ4v) is 5.80. The molecule has 0 atom stereocenters. The Bertz CT molecular complexity index is 1170. The maximum Gasteiger partial charge on any atom is 0.267 e. The van der Waals surface area contributed by atoms with Crippen LogP contribution in [0.1, 0.15) is 42.6 Å². The molecule has 0 unspecified atom stereocenters. The predicted molar refractivity (Wildman–Crippen MR) is 127 cm³/mol. The average molecular weight is 471 g/mol. The van der Waals surface area contributed by atoms with E-state index in [9.17, 15) is 13.2 Å². The SMILES string of the molecule is COc1cccc(S(=O)(=O)N2CCC(CCCCNC(=O)c3cc4cnccc4[nH]3)CC2)c1. The standard InChI is InChI=1S/C24H30N4O4S/c1-32-20-6-4-7-21(16-20)33(30,31)28-13-9-18(10-14-28)5-2-3-11-26-24(29)23-15-19-17-25-12-8-22(19)27-23/h4,6-8,12,15-18,27H,2-3,5,9-11,13-14H2,1H3,(H,26,29). The van der Waals surface area contributed by atoms with Crippen LogP contribution in [-0.2, 0) is 10.0 Å². The third-order valence-corrected chi connectivity index (χ3v) is 8.14. The number of amides is 1. The molecule has 8 nitrogen and oxygen atoms in total. The van der Waals surface area contributed by atoms with E-state index in [-0.39, 0.29) is 10.8 Å². The Balaban J connectivity index is 1.17. The van der Waals surface area contributed by atoms with Crippen molar-refractivity contribution in [2.75, 3.05) is 26.7 Å². The van der Waals surface area contributed by atoms with Crippen LogP contribution < -0.4 is 10.1 Å². The summed E-state index contributed by atoms with van der Waals surface area (Å²) in [5, 5.41) is 3.88. The Kier molecular flexibility index (Phi) is 7.29. The number of ether oxygens (including phenoxy) is 1. The summed E-state index contributed by atoms with van der Waals surface area (Å²) in [7, 11) is -1.96. The van der Waals surface area contributed by atoms with Crippen molar-refractivity contribution in [3.05, 3.63) is 54.5 Å². The van der Waals surface area contributed by atoms with Crippen molar-refractivity contribution in [1.29, 1.82) is 0 Å². The van der Waals surface area contributed by atoms with E-state index in [4.69, 9.17) is 4.74 Å². The Morgan fingerprint density at radius 3 is 2.79 bits per heavy atom. The Morgan fingerprint density at radius 2 is 2.03 bits per heavy atom. The highest BCUT2D eigenvalue weighted by Gasteiger charge is 2.29. The van der Waals surface area contributed by atoms with E-state index in [0.29, 0.717) is 37.0 Å². The van der Waals surface area contributed by atoms with E-state index < -0.39 is 10.0 Å². The molecular formula is C24H30N4O4S. The maximum atomic E-state index is 12.9. The van der Waals surface area contributed by atoms with Crippen LogP contribution in [0.2, 0.25) is 0 Å². The first-order chi connectivity index (χ1) is 16.0. The number of piperidine rings is 1. The molecule has 0 bridgehead atoms. The van der Waals surface area contributed by atoms with Gasteiger partial charge < -0.3 is 15.0 Å². The summed E-state index contributed by atoms with van der Waals surface area (Å²) in [5.41, 5.74) is 1.44. The Morgan fingerprint density at radius 1 is 1.21 bits per heavy atom. The number of hydrogen-bond donors (Lipinski definition) is 2. The third kappa shape index (κ3) is 5.54. The average Bonchev–Trinajstić information content (AvgIpc) is 3.28. The van der Waals surface area contributed by atoms with E-state index in [0.717, 1.165) is 43.0 Å². The van der Waals surface area contributed by atoms with Crippen LogP contribution in [0.25, 0.3) is 10.9 Å². The highest BCUT2D eigenvalue weighted by Crippen LogP contribution is 2.28. The molecule has 9 heteroatoms. The largest absolute Gasteiger partial charge is 0.497 e. The monoisotopic (exact) mass is 470 g/mol. The van der Waals surface area contributed by atoms with Gasteiger partial charge in [-0.2, -0.15) is 4.31 Å². The fraction of sp³-hybridized carbons (Fsp3) is 0.417. The lowest BCUT2D eigenvalue weighted by molar-refractivity contribution is 0.0948. The topological polar surface area (TPSA) is 104 Å². The smallest absolute Gasteiger partial charge is 0.267 e. The fourth-order valence-electron chi connectivity index (χ4n) is 4.30. The molecule has 1 aliphatic rings. The normalized spacial score (nSPS) is 15.5. The minimum Gasteiger partial charge on any atom is -0.497 e. The third-order valence-electron chi connectivity index (χ3n) is 6.24. The summed E-state index contributed by atoms with van der Waals surface area (Å²) in [5.74, 6) is 0.945. The van der Waals surface area contributed by atoms with Crippen molar-refractivity contribution in [3.8, 4) is 5.75 Å². The molecule has 1 aromatic carbocycles. The number of H-pyrrole nitrogens is 1. The number of hydrogen-bond acceptors (Lipinski definition) is 5. The number of aromatic nitrogens is 2. The second-order valence-electron chi connectivity index (χ2n) is 8.42. The lowest BCUT2D eigenvalue weighted by Crippen LogP contribution is -2.38. The van der Waals surface area contributed by atoms with Gasteiger partial charge in [0.1, 0.15) is 11.4 Å². The lowest BCUT2D eigenvalue weighted by atomic mass is 9.92. The molecule has 1 amide bonds. The molecule has 1 saturated heterocycles. The van der Waals surface area contributed by atoms with E-state index in [1.54, 1.807) is 41.0 Å². The zero-order valence-corrected chi connectivity index (χ0v) is 19.6. The number of aromatic amines is 1. The summed E-state index contributed by atoms with van der Waals surface area (Å²) in [4.78, 5) is 19.8. The quantitative estimate of drug-likeness (QED) is 0.465. The van der Waals surface area contributed by atoms with Gasteiger partial charge in [0.15, 0.2) is 0 Å². The van der Waals surface area contributed by atoms with Crippen molar-refractivity contribution < 1.29 is 17.9 Å². The Hall–Kier alpha value is -2.91. The lowest BCUT2D eigenvalue weighted by Gasteiger charge is -2.31. The number of nitrogens with zero attached hydrogens (tertiary/aromatic N) is 2. The van der Waals surface area contributed by atoms with Gasteiger partial charge in [-0.05, 0) is 49.4 Å². The van der Waals surface area contributed by atoms with Crippen molar-refractivity contribution in [3.63, 3.8) is 0 Å². The van der Waals surface area contributed by atoms with Gasteiger partial charge in [0.25, 0.3) is 5.91 Å². The molecule has 0 aliphatic carbocycles. The first-order valence-corrected chi connectivity index (χ1v) is 12.8. The molecule has 0 spiro atoms. The van der Waals surface area contributed by atoms with Gasteiger partial charge in [-0.3, -0.25) is 9.78 Å². The van der Waals surface area contributed by atoms with E-state index in [2.05, 4.69) is 15.3 Å². The van der Waals surface area contributed by atoms with E-state index in [1.807, 2.05) is 12.1 Å². The summed E-state index contributed by atoms with van der Waals surface area (Å²) < 4.78 is 32.6. The minimum absolute atomic E-state index is 0.109. The molecule has 0 radical (unpaired) electrons. The second-order valence-corrected chi connectivity index (χ2v) is 10.4. The van der Waals surface area contributed by atoms with Crippen molar-refractivity contribution in [2.45, 2.75) is 37.0 Å². The highest BCUT2D eigenvalue weighted by molar-refractivity contribution is 7.89. The number of sulfonamides is 1. The van der Waals surface area contributed by atoms with Gasteiger partial charge in [-0.25, -0.2) is 8.42 Å². The van der Waals surface area contributed by atoms with Crippen LogP contribution in [0, 0.1) is 5.92 Å². The molecule has 33 heavy (non-hydrogen) atoms. The van der Waals surface area contributed by atoms with Crippen LogP contribution in [0.3, 0.4) is 0 Å². The summed E-state index contributed by atoms with van der Waals surface area (Å²) >= 11 is 0. The van der Waals surface area contributed by atoms with Gasteiger partial charge in [-0.1, -0.05) is 18.9 Å². The van der Waals surface area contributed by atoms with Gasteiger partial charge in [0.2, 0.25) is 10.0 Å². The zero-order valence-electron chi connectivity index (χ0n) is 18.8. The number of benzene rings is 1. The second kappa shape index (κ2) is 10.4. The predicted octanol–water partition coefficient (Wildman–Crippen LogP) is 3.57. The Labute approximate surface area is 194 Å². The number of rotatable bonds is 9. The first kappa shape index (κ1) is 23.3. The number of methoxy groups -OCH3 is 1.